The van der Waals surface area contributed by atoms with E-state index in [4.69, 9.17) is 16.3 Å². The van der Waals surface area contributed by atoms with Crippen molar-refractivity contribution in [3.8, 4) is 5.75 Å². The van der Waals surface area contributed by atoms with Crippen LogP contribution in [-0.4, -0.2) is 7.11 Å². The Balaban J connectivity index is 2.35. The van der Waals surface area contributed by atoms with Crippen LogP contribution in [0.15, 0.2) is 16.6 Å². The quantitative estimate of drug-likeness (QED) is 0.617. The Bertz CT molecular complexity index is 418. The zero-order chi connectivity index (χ0) is 12.6. The third kappa shape index (κ3) is 2.99. The first kappa shape index (κ1) is 13.7. The van der Waals surface area contributed by atoms with Crippen LogP contribution in [0.25, 0.3) is 0 Å². The first-order valence-electron chi connectivity index (χ1n) is 5.71. The van der Waals surface area contributed by atoms with Gasteiger partial charge in [-0.15, -0.1) is 0 Å². The van der Waals surface area contributed by atoms with Crippen LogP contribution < -0.4 is 4.74 Å². The highest BCUT2D eigenvalue weighted by Gasteiger charge is 2.34. The summed E-state index contributed by atoms with van der Waals surface area (Å²) in [6.45, 7) is 2.28. The molecule has 0 aliphatic heterocycles. The second kappa shape index (κ2) is 5.50. The highest BCUT2D eigenvalue weighted by Crippen LogP contribution is 2.49. The van der Waals surface area contributed by atoms with Crippen LogP contribution in [0.4, 0.5) is 0 Å². The minimum atomic E-state index is 0.292. The predicted molar refractivity (Wildman–Crippen MR) is 79.3 cm³/mol. The molecule has 0 radical (unpaired) electrons. The summed E-state index contributed by atoms with van der Waals surface area (Å²) in [5.41, 5.74) is 1.13. The Hall–Kier alpha value is 0.270. The van der Waals surface area contributed by atoms with E-state index in [1.54, 1.807) is 7.11 Å². The van der Waals surface area contributed by atoms with Gasteiger partial charge in [-0.25, -0.2) is 0 Å². The fourth-order valence-corrected chi connectivity index (χ4v) is 3.91. The third-order valence-electron chi connectivity index (χ3n) is 3.37. The standard InChI is InChI=1S/C13H15Br2ClO/c1-7(8-3-4-8)12(15)10-5-9(16)6-11(14)13(10)17-2/h5-8,12H,3-4H2,1-2H3. The number of benzene rings is 1. The summed E-state index contributed by atoms with van der Waals surface area (Å²) < 4.78 is 6.38. The van der Waals surface area contributed by atoms with Crippen LogP contribution in [0.5, 0.6) is 5.75 Å². The largest absolute Gasteiger partial charge is 0.495 e. The molecule has 2 unspecified atom stereocenters. The number of alkyl halides is 1. The number of hydrogen-bond donors (Lipinski definition) is 0. The van der Waals surface area contributed by atoms with Gasteiger partial charge in [0.1, 0.15) is 5.75 Å². The number of methoxy groups -OCH3 is 1. The first-order chi connectivity index (χ1) is 8.04. The lowest BCUT2D eigenvalue weighted by molar-refractivity contribution is 0.399. The summed E-state index contributed by atoms with van der Waals surface area (Å²) in [5.74, 6) is 2.32. The second-order valence-corrected chi connectivity index (χ2v) is 6.89. The van der Waals surface area contributed by atoms with E-state index in [0.29, 0.717) is 10.7 Å². The van der Waals surface area contributed by atoms with Crippen molar-refractivity contribution in [2.75, 3.05) is 7.11 Å². The van der Waals surface area contributed by atoms with E-state index in [1.165, 1.54) is 12.8 Å². The van der Waals surface area contributed by atoms with Crippen molar-refractivity contribution in [1.82, 2.24) is 0 Å². The third-order valence-corrected chi connectivity index (χ3v) is 5.50. The van der Waals surface area contributed by atoms with E-state index in [9.17, 15) is 0 Å². The molecule has 0 saturated heterocycles. The number of halogens is 3. The summed E-state index contributed by atoms with van der Waals surface area (Å²) in [6, 6.07) is 3.86. The fraction of sp³-hybridized carbons (Fsp3) is 0.538. The SMILES string of the molecule is COc1c(Br)cc(Cl)cc1C(Br)C(C)C1CC1. The maximum atomic E-state index is 6.12. The first-order valence-corrected chi connectivity index (χ1v) is 7.80. The predicted octanol–water partition coefficient (Wildman–Crippen LogP) is 5.59. The van der Waals surface area contributed by atoms with Gasteiger partial charge in [0.05, 0.1) is 11.6 Å². The van der Waals surface area contributed by atoms with Crippen molar-refractivity contribution in [2.24, 2.45) is 11.8 Å². The van der Waals surface area contributed by atoms with Gasteiger partial charge in [-0.2, -0.15) is 0 Å². The van der Waals surface area contributed by atoms with Crippen LogP contribution in [0.1, 0.15) is 30.2 Å². The maximum Gasteiger partial charge on any atom is 0.137 e. The summed E-state index contributed by atoms with van der Waals surface area (Å²) >= 11 is 13.4. The fourth-order valence-electron chi connectivity index (χ4n) is 2.14. The smallest absolute Gasteiger partial charge is 0.137 e. The molecule has 94 valence electrons. The van der Waals surface area contributed by atoms with Crippen molar-refractivity contribution in [2.45, 2.75) is 24.6 Å². The Morgan fingerprint density at radius 3 is 2.59 bits per heavy atom. The van der Waals surface area contributed by atoms with E-state index >= 15 is 0 Å². The van der Waals surface area contributed by atoms with E-state index in [-0.39, 0.29) is 0 Å². The second-order valence-electron chi connectivity index (χ2n) is 4.61. The Kier molecular flexibility index (Phi) is 4.43. The molecule has 0 amide bonds. The Labute approximate surface area is 124 Å². The van der Waals surface area contributed by atoms with E-state index < -0.39 is 0 Å². The van der Waals surface area contributed by atoms with Crippen LogP contribution in [0.3, 0.4) is 0 Å². The van der Waals surface area contributed by atoms with Gasteiger partial charge in [-0.05, 0) is 52.7 Å². The molecule has 2 rings (SSSR count). The molecule has 1 aromatic rings. The average Bonchev–Trinajstić information content (AvgIpc) is 3.10. The minimum Gasteiger partial charge on any atom is -0.495 e. The van der Waals surface area contributed by atoms with Crippen molar-refractivity contribution >= 4 is 43.5 Å². The lowest BCUT2D eigenvalue weighted by Crippen LogP contribution is -2.07. The normalized spacial score (nSPS) is 18.9. The molecule has 0 aromatic heterocycles. The summed E-state index contributed by atoms with van der Waals surface area (Å²) in [7, 11) is 1.69. The molecule has 1 aliphatic rings. The summed E-state index contributed by atoms with van der Waals surface area (Å²) in [4.78, 5) is 0.292. The molecular formula is C13H15Br2ClO. The summed E-state index contributed by atoms with van der Waals surface area (Å²) in [5, 5.41) is 0.736. The molecule has 4 heteroatoms. The molecule has 17 heavy (non-hydrogen) atoms. The van der Waals surface area contributed by atoms with Crippen LogP contribution in [-0.2, 0) is 0 Å². The van der Waals surface area contributed by atoms with Gasteiger partial charge in [0.25, 0.3) is 0 Å². The Morgan fingerprint density at radius 2 is 2.06 bits per heavy atom. The maximum absolute atomic E-state index is 6.12. The highest BCUT2D eigenvalue weighted by atomic mass is 79.9. The lowest BCUT2D eigenvalue weighted by atomic mass is 9.96. The monoisotopic (exact) mass is 380 g/mol. The van der Waals surface area contributed by atoms with Crippen molar-refractivity contribution in [3.63, 3.8) is 0 Å². The number of ether oxygens (including phenoxy) is 1. The molecule has 0 heterocycles. The molecule has 1 nitrogen and oxygen atoms in total. The van der Waals surface area contributed by atoms with E-state index in [2.05, 4.69) is 38.8 Å². The number of rotatable bonds is 4. The molecule has 1 saturated carbocycles. The molecule has 1 fully saturated rings. The van der Waals surface area contributed by atoms with Gasteiger partial charge in [-0.3, -0.25) is 0 Å². The molecule has 2 atom stereocenters. The zero-order valence-corrected chi connectivity index (χ0v) is 13.8. The average molecular weight is 383 g/mol. The van der Waals surface area contributed by atoms with E-state index in [0.717, 1.165) is 26.7 Å². The molecule has 1 aliphatic carbocycles. The molecule has 1 aromatic carbocycles. The lowest BCUT2D eigenvalue weighted by Gasteiger charge is -2.21. The van der Waals surface area contributed by atoms with Gasteiger partial charge in [0.2, 0.25) is 0 Å². The van der Waals surface area contributed by atoms with Crippen LogP contribution >= 0.6 is 43.5 Å². The zero-order valence-electron chi connectivity index (χ0n) is 9.84. The Morgan fingerprint density at radius 1 is 1.41 bits per heavy atom. The molecule has 0 spiro atoms. The van der Waals surface area contributed by atoms with Crippen molar-refractivity contribution in [1.29, 1.82) is 0 Å². The van der Waals surface area contributed by atoms with Gasteiger partial charge in [-0.1, -0.05) is 34.5 Å². The van der Waals surface area contributed by atoms with Gasteiger partial charge >= 0.3 is 0 Å². The van der Waals surface area contributed by atoms with Crippen molar-refractivity contribution in [3.05, 3.63) is 27.2 Å². The van der Waals surface area contributed by atoms with Crippen LogP contribution in [0.2, 0.25) is 5.02 Å². The van der Waals surface area contributed by atoms with Crippen molar-refractivity contribution < 1.29 is 4.74 Å². The summed E-state index contributed by atoms with van der Waals surface area (Å²) in [6.07, 6.45) is 2.68. The van der Waals surface area contributed by atoms with Gasteiger partial charge < -0.3 is 4.74 Å². The minimum absolute atomic E-state index is 0.292. The molecular weight excluding hydrogens is 367 g/mol. The van der Waals surface area contributed by atoms with Gasteiger partial charge in [0.15, 0.2) is 0 Å². The molecule has 0 bridgehead atoms. The van der Waals surface area contributed by atoms with Crippen LogP contribution in [0, 0.1) is 11.8 Å². The topological polar surface area (TPSA) is 9.23 Å². The molecule has 0 N–H and O–H groups in total. The van der Waals surface area contributed by atoms with Gasteiger partial charge in [0, 0.05) is 15.4 Å². The number of hydrogen-bond acceptors (Lipinski definition) is 1. The highest BCUT2D eigenvalue weighted by molar-refractivity contribution is 9.10. The van der Waals surface area contributed by atoms with E-state index in [1.807, 2.05) is 12.1 Å².